The molecule has 2 aromatic carbocycles. The Morgan fingerprint density at radius 3 is 2.75 bits per heavy atom. The first-order valence-corrected chi connectivity index (χ1v) is 8.45. The van der Waals surface area contributed by atoms with Gasteiger partial charge in [0.2, 0.25) is 0 Å². The lowest BCUT2D eigenvalue weighted by Gasteiger charge is -2.52. The summed E-state index contributed by atoms with van der Waals surface area (Å²) in [6.45, 7) is 6.21. The molecule has 124 valence electrons. The molecule has 1 saturated heterocycles. The molecule has 24 heavy (non-hydrogen) atoms. The smallest absolute Gasteiger partial charge is 0.188 e. The average molecular weight is 342 g/mol. The van der Waals surface area contributed by atoms with Gasteiger partial charge in [0.25, 0.3) is 0 Å². The van der Waals surface area contributed by atoms with E-state index >= 15 is 0 Å². The second kappa shape index (κ2) is 5.18. The number of hydrogen-bond donors (Lipinski definition) is 1. The molecule has 2 heterocycles. The normalized spacial score (nSPS) is 24.9. The molecule has 0 radical (unpaired) electrons. The van der Waals surface area contributed by atoms with Crippen molar-refractivity contribution < 1.29 is 9.13 Å². The van der Waals surface area contributed by atoms with Crippen LogP contribution in [0.2, 0.25) is 0 Å². The van der Waals surface area contributed by atoms with Crippen LogP contribution in [0.1, 0.15) is 36.1 Å². The predicted octanol–water partition coefficient (Wildman–Crippen LogP) is 4.38. The van der Waals surface area contributed by atoms with Gasteiger partial charge >= 0.3 is 0 Å². The van der Waals surface area contributed by atoms with E-state index in [-0.39, 0.29) is 11.9 Å². The zero-order chi connectivity index (χ0) is 17.1. The van der Waals surface area contributed by atoms with E-state index in [0.29, 0.717) is 17.3 Å². The fourth-order valence-electron chi connectivity index (χ4n) is 3.60. The maximum absolute atomic E-state index is 13.6. The van der Waals surface area contributed by atoms with Crippen LogP contribution in [0.5, 0.6) is 5.75 Å². The number of nitrogens with zero attached hydrogens (tertiary/aromatic N) is 1. The van der Waals surface area contributed by atoms with Crippen LogP contribution in [-0.2, 0) is 0 Å². The molecule has 0 saturated carbocycles. The van der Waals surface area contributed by atoms with Crippen molar-refractivity contribution in [3.63, 3.8) is 0 Å². The quantitative estimate of drug-likeness (QED) is 0.778. The first-order chi connectivity index (χ1) is 11.4. The number of benzene rings is 2. The molecule has 1 fully saturated rings. The molecule has 2 aliphatic heterocycles. The zero-order valence-electron chi connectivity index (χ0n) is 13.9. The number of halogens is 1. The molecule has 0 amide bonds. The van der Waals surface area contributed by atoms with E-state index in [0.717, 1.165) is 11.3 Å². The number of nitrogens with one attached hydrogen (secondary N) is 1. The lowest BCUT2D eigenvalue weighted by atomic mass is 9.90. The Kier molecular flexibility index (Phi) is 3.32. The monoisotopic (exact) mass is 342 g/mol. The maximum Gasteiger partial charge on any atom is 0.188 e. The number of fused-ring (bicyclic) bond motifs is 4. The Balaban J connectivity index is 1.80. The van der Waals surface area contributed by atoms with Crippen molar-refractivity contribution in [1.29, 1.82) is 0 Å². The third-order valence-electron chi connectivity index (χ3n) is 4.98. The van der Waals surface area contributed by atoms with Crippen molar-refractivity contribution >= 4 is 23.0 Å². The molecule has 2 aliphatic rings. The van der Waals surface area contributed by atoms with Crippen LogP contribution in [0.3, 0.4) is 0 Å². The lowest BCUT2D eigenvalue weighted by Crippen LogP contribution is -2.65. The Hall–Kier alpha value is -2.14. The number of ether oxygens (including phenoxy) is 1. The Labute approximate surface area is 146 Å². The molecule has 3 nitrogen and oxygen atoms in total. The molecule has 2 atom stereocenters. The highest BCUT2D eigenvalue weighted by atomic mass is 32.1. The summed E-state index contributed by atoms with van der Waals surface area (Å²) in [5, 5.41) is 3.95. The molecule has 2 aromatic rings. The summed E-state index contributed by atoms with van der Waals surface area (Å²) < 4.78 is 19.9. The maximum atomic E-state index is 13.6. The van der Waals surface area contributed by atoms with Crippen LogP contribution in [0.15, 0.2) is 36.4 Å². The van der Waals surface area contributed by atoms with Crippen LogP contribution >= 0.6 is 12.2 Å². The fourth-order valence-corrected chi connectivity index (χ4v) is 4.04. The van der Waals surface area contributed by atoms with Gasteiger partial charge in [-0.3, -0.25) is 4.90 Å². The van der Waals surface area contributed by atoms with Crippen molar-refractivity contribution in [3.8, 4) is 5.75 Å². The molecule has 5 heteroatoms. The standard InChI is InChI=1S/C19H19FN2OS/c1-11-4-6-14(8-12(11)2)22-18(24)21-16-10-19(22,3)23-17-7-5-13(20)9-15(16)17/h4-9,16H,10H2,1-3H3,(H,21,24)/t16-,19+/m0/s1. The highest BCUT2D eigenvalue weighted by Gasteiger charge is 2.48. The number of rotatable bonds is 1. The van der Waals surface area contributed by atoms with Crippen molar-refractivity contribution in [1.82, 2.24) is 5.32 Å². The molecular formula is C19H19FN2OS. The Bertz CT molecular complexity index is 853. The van der Waals surface area contributed by atoms with Crippen LogP contribution in [0.25, 0.3) is 0 Å². The van der Waals surface area contributed by atoms with Crippen LogP contribution in [-0.4, -0.2) is 10.8 Å². The number of hydrogen-bond acceptors (Lipinski definition) is 2. The van der Waals surface area contributed by atoms with Gasteiger partial charge in [-0.25, -0.2) is 4.39 Å². The minimum atomic E-state index is -0.598. The number of anilines is 1. The Morgan fingerprint density at radius 1 is 1.21 bits per heavy atom. The van der Waals surface area contributed by atoms with Gasteiger partial charge in [0, 0.05) is 17.7 Å². The molecule has 2 bridgehead atoms. The third kappa shape index (κ3) is 2.26. The van der Waals surface area contributed by atoms with Gasteiger partial charge in [0.1, 0.15) is 11.6 Å². The van der Waals surface area contributed by atoms with Gasteiger partial charge in [-0.15, -0.1) is 0 Å². The zero-order valence-corrected chi connectivity index (χ0v) is 14.7. The van der Waals surface area contributed by atoms with E-state index in [9.17, 15) is 4.39 Å². The average Bonchev–Trinajstić information content (AvgIpc) is 2.51. The molecule has 0 aliphatic carbocycles. The van der Waals surface area contributed by atoms with E-state index in [1.165, 1.54) is 23.3 Å². The third-order valence-corrected chi connectivity index (χ3v) is 5.28. The summed E-state index contributed by atoms with van der Waals surface area (Å²) in [4.78, 5) is 2.03. The first kappa shape index (κ1) is 15.4. The second-order valence-electron chi connectivity index (χ2n) is 6.77. The SMILES string of the molecule is Cc1ccc(N2C(=S)N[C@H]3C[C@@]2(C)Oc2ccc(F)cc23)cc1C. The first-order valence-electron chi connectivity index (χ1n) is 8.04. The summed E-state index contributed by atoms with van der Waals surface area (Å²) in [6, 6.07) is 10.9. The molecule has 0 aromatic heterocycles. The minimum absolute atomic E-state index is 0.0373. The van der Waals surface area contributed by atoms with Gasteiger partial charge in [-0.2, -0.15) is 0 Å². The second-order valence-corrected chi connectivity index (χ2v) is 7.16. The summed E-state index contributed by atoms with van der Waals surface area (Å²) in [5.41, 5.74) is 3.68. The largest absolute Gasteiger partial charge is 0.467 e. The molecule has 1 N–H and O–H groups in total. The van der Waals surface area contributed by atoms with Crippen LogP contribution < -0.4 is 15.0 Å². The minimum Gasteiger partial charge on any atom is -0.467 e. The van der Waals surface area contributed by atoms with Crippen molar-refractivity contribution in [2.24, 2.45) is 0 Å². The van der Waals surface area contributed by atoms with Crippen LogP contribution in [0, 0.1) is 19.7 Å². The topological polar surface area (TPSA) is 24.5 Å². The predicted molar refractivity (Wildman–Crippen MR) is 96.9 cm³/mol. The van der Waals surface area contributed by atoms with Crippen molar-refractivity contribution in [3.05, 3.63) is 58.9 Å². The highest BCUT2D eigenvalue weighted by molar-refractivity contribution is 7.80. The van der Waals surface area contributed by atoms with Crippen molar-refractivity contribution in [2.45, 2.75) is 39.0 Å². The summed E-state index contributed by atoms with van der Waals surface area (Å²) >= 11 is 5.61. The van der Waals surface area contributed by atoms with E-state index in [1.54, 1.807) is 6.07 Å². The van der Waals surface area contributed by atoms with Gasteiger partial charge in [0.05, 0.1) is 6.04 Å². The summed E-state index contributed by atoms with van der Waals surface area (Å²) in [5.74, 6) is 0.448. The van der Waals surface area contributed by atoms with E-state index in [2.05, 4.69) is 37.4 Å². The van der Waals surface area contributed by atoms with E-state index < -0.39 is 5.72 Å². The van der Waals surface area contributed by atoms with Gasteiger partial charge in [0.15, 0.2) is 10.8 Å². The van der Waals surface area contributed by atoms with Gasteiger partial charge in [-0.05, 0) is 74.4 Å². The van der Waals surface area contributed by atoms with Crippen molar-refractivity contribution in [2.75, 3.05) is 4.90 Å². The number of thiocarbonyl (C=S) groups is 1. The molecule has 0 unspecified atom stereocenters. The number of aryl methyl sites for hydroxylation is 2. The van der Waals surface area contributed by atoms with Gasteiger partial charge in [-0.1, -0.05) is 6.07 Å². The summed E-state index contributed by atoms with van der Waals surface area (Å²) in [7, 11) is 0. The molecule has 0 spiro atoms. The fraction of sp³-hybridized carbons (Fsp3) is 0.316. The van der Waals surface area contributed by atoms with E-state index in [1.807, 2.05) is 11.8 Å². The summed E-state index contributed by atoms with van der Waals surface area (Å²) in [6.07, 6.45) is 0.691. The van der Waals surface area contributed by atoms with Crippen LogP contribution in [0.4, 0.5) is 10.1 Å². The van der Waals surface area contributed by atoms with E-state index in [4.69, 9.17) is 17.0 Å². The molecule has 4 rings (SSSR count). The highest BCUT2D eigenvalue weighted by Crippen LogP contribution is 2.45. The lowest BCUT2D eigenvalue weighted by molar-refractivity contribution is 0.0495. The van der Waals surface area contributed by atoms with Gasteiger partial charge < -0.3 is 10.1 Å². The molecular weight excluding hydrogens is 323 g/mol. The Morgan fingerprint density at radius 2 is 2.00 bits per heavy atom.